The van der Waals surface area contributed by atoms with Crippen LogP contribution in [0.1, 0.15) is 28.4 Å². The topological polar surface area (TPSA) is 75.7 Å². The van der Waals surface area contributed by atoms with Crippen LogP contribution >= 0.6 is 0 Å². The lowest BCUT2D eigenvalue weighted by atomic mass is 10.1. The number of hydrogen-bond donors (Lipinski definition) is 1. The molecule has 0 radical (unpaired) electrons. The second-order valence-electron chi connectivity index (χ2n) is 7.66. The van der Waals surface area contributed by atoms with Crippen LogP contribution in [0.2, 0.25) is 0 Å². The molecule has 3 aromatic carbocycles. The number of hydrogen-bond acceptors (Lipinski definition) is 4. The molecule has 3 rings (SSSR count). The summed E-state index contributed by atoms with van der Waals surface area (Å²) in [6.07, 6.45) is 0. The van der Waals surface area contributed by atoms with E-state index in [4.69, 9.17) is 4.74 Å². The number of para-hydroxylation sites is 1. The van der Waals surface area contributed by atoms with Crippen LogP contribution in [0, 0.1) is 6.92 Å². The van der Waals surface area contributed by atoms with Crippen molar-refractivity contribution < 1.29 is 17.9 Å². The second-order valence-corrected chi connectivity index (χ2v) is 9.52. The fraction of sp³-hybridized carbons (Fsp3) is 0.240. The smallest absolute Gasteiger partial charge is 0.264 e. The van der Waals surface area contributed by atoms with Crippen molar-refractivity contribution in [1.82, 2.24) is 5.32 Å². The quantitative estimate of drug-likeness (QED) is 0.529. The number of nitrogens with one attached hydrogen (secondary N) is 1. The van der Waals surface area contributed by atoms with E-state index in [1.54, 1.807) is 55.6 Å². The normalized spacial score (nSPS) is 12.2. The van der Waals surface area contributed by atoms with E-state index in [1.807, 2.05) is 44.2 Å². The standard InChI is InChI=1S/C25H28N2O4S/c1-19-13-15-22(16-14-19)32(29,30)27(17-21-9-5-4-6-10-21)24-12-8-7-11-23(24)25(28)26-20(2)18-31-3/h4-16,20H,17-18H2,1-3H3,(H,26,28)/t20-/m1/s1. The number of sulfonamides is 1. The molecule has 3 aromatic rings. The molecule has 32 heavy (non-hydrogen) atoms. The van der Waals surface area contributed by atoms with Crippen molar-refractivity contribution >= 4 is 21.6 Å². The van der Waals surface area contributed by atoms with E-state index >= 15 is 0 Å². The summed E-state index contributed by atoms with van der Waals surface area (Å²) < 4.78 is 33.8. The van der Waals surface area contributed by atoms with Crippen LogP contribution in [0.25, 0.3) is 0 Å². The number of benzene rings is 3. The van der Waals surface area contributed by atoms with Crippen LogP contribution in [0.3, 0.4) is 0 Å². The van der Waals surface area contributed by atoms with E-state index in [2.05, 4.69) is 5.32 Å². The number of nitrogens with zero attached hydrogens (tertiary/aromatic N) is 1. The van der Waals surface area contributed by atoms with Crippen LogP contribution < -0.4 is 9.62 Å². The maximum absolute atomic E-state index is 13.7. The van der Waals surface area contributed by atoms with Crippen molar-refractivity contribution in [2.45, 2.75) is 31.3 Å². The van der Waals surface area contributed by atoms with Gasteiger partial charge in [-0.05, 0) is 43.7 Å². The van der Waals surface area contributed by atoms with Gasteiger partial charge in [0.25, 0.3) is 15.9 Å². The number of carbonyl (C=O) groups is 1. The van der Waals surface area contributed by atoms with E-state index < -0.39 is 10.0 Å². The highest BCUT2D eigenvalue weighted by Crippen LogP contribution is 2.29. The van der Waals surface area contributed by atoms with Gasteiger partial charge in [-0.25, -0.2) is 8.42 Å². The first-order valence-corrected chi connectivity index (χ1v) is 11.8. The summed E-state index contributed by atoms with van der Waals surface area (Å²) in [5.74, 6) is -0.359. The predicted molar refractivity (Wildman–Crippen MR) is 126 cm³/mol. The van der Waals surface area contributed by atoms with Gasteiger partial charge in [0.1, 0.15) is 0 Å². The molecule has 0 saturated carbocycles. The summed E-state index contributed by atoms with van der Waals surface area (Å²) >= 11 is 0. The number of carbonyl (C=O) groups excluding carboxylic acids is 1. The van der Waals surface area contributed by atoms with Gasteiger partial charge >= 0.3 is 0 Å². The Morgan fingerprint density at radius 1 is 0.969 bits per heavy atom. The third-order valence-electron chi connectivity index (χ3n) is 4.99. The molecule has 0 aliphatic heterocycles. The first-order chi connectivity index (χ1) is 15.3. The highest BCUT2D eigenvalue weighted by atomic mass is 32.2. The van der Waals surface area contributed by atoms with Gasteiger partial charge in [0, 0.05) is 13.2 Å². The lowest BCUT2D eigenvalue weighted by Gasteiger charge is -2.27. The third-order valence-corrected chi connectivity index (χ3v) is 6.76. The Hall–Kier alpha value is -3.16. The van der Waals surface area contributed by atoms with E-state index in [0.717, 1.165) is 11.1 Å². The fourth-order valence-corrected chi connectivity index (χ4v) is 4.83. The maximum atomic E-state index is 13.7. The summed E-state index contributed by atoms with van der Waals surface area (Å²) in [6.45, 7) is 4.17. The number of aryl methyl sites for hydroxylation is 1. The van der Waals surface area contributed by atoms with Crippen LogP contribution in [-0.2, 0) is 21.3 Å². The number of ether oxygens (including phenoxy) is 1. The molecule has 0 fully saturated rings. The van der Waals surface area contributed by atoms with Gasteiger partial charge in [0.15, 0.2) is 0 Å². The molecule has 0 spiro atoms. The zero-order chi connectivity index (χ0) is 23.1. The monoisotopic (exact) mass is 452 g/mol. The van der Waals surface area contributed by atoms with Gasteiger partial charge in [-0.15, -0.1) is 0 Å². The minimum atomic E-state index is -3.94. The molecule has 0 aliphatic rings. The molecule has 0 bridgehead atoms. The van der Waals surface area contributed by atoms with Gasteiger partial charge in [-0.2, -0.15) is 0 Å². The number of methoxy groups -OCH3 is 1. The summed E-state index contributed by atoms with van der Waals surface area (Å²) in [5, 5.41) is 2.87. The minimum absolute atomic E-state index is 0.0922. The van der Waals surface area contributed by atoms with Gasteiger partial charge in [-0.1, -0.05) is 60.2 Å². The molecule has 0 saturated heterocycles. The molecular formula is C25H28N2O4S. The molecule has 1 amide bonds. The predicted octanol–water partition coefficient (Wildman–Crippen LogP) is 4.16. The van der Waals surface area contributed by atoms with Crippen molar-refractivity contribution in [3.05, 3.63) is 95.6 Å². The summed E-state index contributed by atoms with van der Waals surface area (Å²) in [5.41, 5.74) is 2.37. The maximum Gasteiger partial charge on any atom is 0.264 e. The van der Waals surface area contributed by atoms with Crippen LogP contribution in [0.15, 0.2) is 83.8 Å². The lowest BCUT2D eigenvalue weighted by Crippen LogP contribution is -2.38. The first kappa shape index (κ1) is 23.5. The Bertz CT molecular complexity index is 1150. The molecule has 0 unspecified atom stereocenters. The average molecular weight is 453 g/mol. The fourth-order valence-electron chi connectivity index (χ4n) is 3.36. The molecule has 0 aromatic heterocycles. The largest absolute Gasteiger partial charge is 0.383 e. The Morgan fingerprint density at radius 2 is 1.59 bits per heavy atom. The van der Waals surface area contributed by atoms with Crippen molar-refractivity contribution in [3.8, 4) is 0 Å². The van der Waals surface area contributed by atoms with Gasteiger partial charge in [0.2, 0.25) is 0 Å². The molecule has 1 N–H and O–H groups in total. The second kappa shape index (κ2) is 10.4. The Kier molecular flexibility index (Phi) is 7.66. The molecule has 1 atom stereocenters. The third kappa shape index (κ3) is 5.55. The van der Waals surface area contributed by atoms with E-state index in [-0.39, 0.29) is 29.0 Å². The minimum Gasteiger partial charge on any atom is -0.383 e. The highest BCUT2D eigenvalue weighted by molar-refractivity contribution is 7.92. The summed E-state index contributed by atoms with van der Waals surface area (Å²) in [4.78, 5) is 13.2. The first-order valence-electron chi connectivity index (χ1n) is 10.3. The average Bonchev–Trinajstić information content (AvgIpc) is 2.78. The van der Waals surface area contributed by atoms with E-state index in [0.29, 0.717) is 12.3 Å². The zero-order valence-corrected chi connectivity index (χ0v) is 19.3. The molecule has 0 heterocycles. The molecule has 0 aliphatic carbocycles. The van der Waals surface area contributed by atoms with Gasteiger partial charge in [-0.3, -0.25) is 9.10 Å². The van der Waals surface area contributed by atoms with Crippen molar-refractivity contribution in [2.24, 2.45) is 0 Å². The SMILES string of the molecule is COC[C@@H](C)NC(=O)c1ccccc1N(Cc1ccccc1)S(=O)(=O)c1ccc(C)cc1. The number of amides is 1. The Morgan fingerprint density at radius 3 is 2.25 bits per heavy atom. The van der Waals surface area contributed by atoms with Gasteiger partial charge < -0.3 is 10.1 Å². The highest BCUT2D eigenvalue weighted by Gasteiger charge is 2.28. The number of rotatable bonds is 9. The zero-order valence-electron chi connectivity index (χ0n) is 18.5. The van der Waals surface area contributed by atoms with Crippen molar-refractivity contribution in [2.75, 3.05) is 18.0 Å². The molecule has 168 valence electrons. The van der Waals surface area contributed by atoms with Gasteiger partial charge in [0.05, 0.1) is 29.3 Å². The van der Waals surface area contributed by atoms with Crippen LogP contribution in [-0.4, -0.2) is 34.1 Å². The lowest BCUT2D eigenvalue weighted by molar-refractivity contribution is 0.0906. The summed E-state index contributed by atoms with van der Waals surface area (Å²) in [6, 6.07) is 22.5. The van der Waals surface area contributed by atoms with E-state index in [1.165, 1.54) is 4.31 Å². The Balaban J connectivity index is 2.08. The summed E-state index contributed by atoms with van der Waals surface area (Å²) in [7, 11) is -2.37. The molecular weight excluding hydrogens is 424 g/mol. The Labute approximate surface area is 189 Å². The van der Waals surface area contributed by atoms with E-state index in [9.17, 15) is 13.2 Å². The molecule has 7 heteroatoms. The van der Waals surface area contributed by atoms with Crippen LogP contribution in [0.5, 0.6) is 0 Å². The van der Waals surface area contributed by atoms with Crippen molar-refractivity contribution in [3.63, 3.8) is 0 Å². The number of anilines is 1. The molecule has 6 nitrogen and oxygen atoms in total. The van der Waals surface area contributed by atoms with Crippen LogP contribution in [0.4, 0.5) is 5.69 Å². The van der Waals surface area contributed by atoms with Crippen molar-refractivity contribution in [1.29, 1.82) is 0 Å².